The highest BCUT2D eigenvalue weighted by Crippen LogP contribution is 2.18. The molecule has 0 atom stereocenters. The number of aryl methyl sites for hydroxylation is 2. The van der Waals surface area contributed by atoms with E-state index < -0.39 is 0 Å². The first kappa shape index (κ1) is 16.8. The van der Waals surface area contributed by atoms with Crippen molar-refractivity contribution in [2.24, 2.45) is 0 Å². The number of nitrogens with two attached hydrogens (primary N) is 1. The van der Waals surface area contributed by atoms with E-state index in [-0.39, 0.29) is 17.9 Å². The highest BCUT2D eigenvalue weighted by molar-refractivity contribution is 5.93. The average molecular weight is 336 g/mol. The predicted molar refractivity (Wildman–Crippen MR) is 99.3 cm³/mol. The van der Waals surface area contributed by atoms with Crippen molar-refractivity contribution in [1.29, 1.82) is 0 Å². The van der Waals surface area contributed by atoms with Gasteiger partial charge in [-0.2, -0.15) is 0 Å². The van der Waals surface area contributed by atoms with Crippen molar-refractivity contribution in [3.05, 3.63) is 70.0 Å². The Morgan fingerprint density at radius 2 is 1.84 bits per heavy atom. The Morgan fingerprint density at radius 1 is 1.12 bits per heavy atom. The Labute approximate surface area is 145 Å². The highest BCUT2D eigenvalue weighted by Gasteiger charge is 2.14. The zero-order chi connectivity index (χ0) is 18.0. The monoisotopic (exact) mass is 336 g/mol. The number of hydrogen-bond donors (Lipinski definition) is 1. The molecular formula is C20H20N2O3. The molecule has 0 aliphatic rings. The van der Waals surface area contributed by atoms with E-state index in [0.29, 0.717) is 23.2 Å². The summed E-state index contributed by atoms with van der Waals surface area (Å²) >= 11 is 0. The van der Waals surface area contributed by atoms with Crippen LogP contribution in [-0.4, -0.2) is 17.6 Å². The number of carbonyl (C=O) groups excluding carboxylic acids is 1. The first-order valence-corrected chi connectivity index (χ1v) is 8.07. The molecule has 1 heterocycles. The minimum Gasteiger partial charge on any atom is -0.497 e. The summed E-state index contributed by atoms with van der Waals surface area (Å²) in [5.74, 6) is 0.534. The number of carbonyl (C=O) groups is 1. The standard InChI is InChI=1S/C20H20N2O3/c1-13-11-15-6-7-16(21)12-18(15)22(20(13)24)19(23)10-5-14-3-8-17(25-2)9-4-14/h3-4,6-9,11-12H,5,10,21H2,1-2H3. The zero-order valence-electron chi connectivity index (χ0n) is 14.3. The number of anilines is 1. The minimum atomic E-state index is -0.294. The molecule has 5 heteroatoms. The van der Waals surface area contributed by atoms with Crippen molar-refractivity contribution in [2.75, 3.05) is 12.8 Å². The smallest absolute Gasteiger partial charge is 0.260 e. The lowest BCUT2D eigenvalue weighted by molar-refractivity contribution is 0.0904. The SMILES string of the molecule is COc1ccc(CCC(=O)n2c(=O)c(C)cc3ccc(N)cc32)cc1. The van der Waals surface area contributed by atoms with E-state index in [0.717, 1.165) is 16.7 Å². The van der Waals surface area contributed by atoms with Gasteiger partial charge in [0.15, 0.2) is 0 Å². The Kier molecular flexibility index (Phi) is 4.57. The van der Waals surface area contributed by atoms with Crippen molar-refractivity contribution < 1.29 is 9.53 Å². The maximum absolute atomic E-state index is 12.7. The van der Waals surface area contributed by atoms with Crippen molar-refractivity contribution in [3.8, 4) is 5.75 Å². The van der Waals surface area contributed by atoms with Gasteiger partial charge in [-0.25, -0.2) is 4.57 Å². The average Bonchev–Trinajstić information content (AvgIpc) is 2.61. The van der Waals surface area contributed by atoms with E-state index in [1.54, 1.807) is 32.2 Å². The molecule has 1 aromatic heterocycles. The quantitative estimate of drug-likeness (QED) is 0.743. The van der Waals surface area contributed by atoms with Crippen molar-refractivity contribution in [1.82, 2.24) is 4.57 Å². The number of fused-ring (bicyclic) bond motifs is 1. The third-order valence-corrected chi connectivity index (χ3v) is 4.24. The largest absolute Gasteiger partial charge is 0.497 e. The van der Waals surface area contributed by atoms with Gasteiger partial charge in [-0.15, -0.1) is 0 Å². The molecular weight excluding hydrogens is 316 g/mol. The molecule has 0 amide bonds. The molecule has 0 spiro atoms. The van der Waals surface area contributed by atoms with Crippen LogP contribution in [0.3, 0.4) is 0 Å². The van der Waals surface area contributed by atoms with Gasteiger partial charge < -0.3 is 10.5 Å². The predicted octanol–water partition coefficient (Wildman–Crippen LogP) is 3.17. The summed E-state index contributed by atoms with van der Waals surface area (Å²) in [4.78, 5) is 25.3. The number of nitrogen functional groups attached to an aromatic ring is 1. The number of ether oxygens (including phenoxy) is 1. The molecule has 0 saturated carbocycles. The van der Waals surface area contributed by atoms with Gasteiger partial charge in [0, 0.05) is 17.7 Å². The van der Waals surface area contributed by atoms with Crippen LogP contribution in [0.1, 0.15) is 22.3 Å². The van der Waals surface area contributed by atoms with Gasteiger partial charge in [0.25, 0.3) is 5.56 Å². The lowest BCUT2D eigenvalue weighted by Gasteiger charge is -2.11. The normalized spacial score (nSPS) is 10.8. The lowest BCUT2D eigenvalue weighted by atomic mass is 10.1. The number of aromatic nitrogens is 1. The molecule has 0 unspecified atom stereocenters. The maximum atomic E-state index is 12.7. The Balaban J connectivity index is 1.92. The summed E-state index contributed by atoms with van der Waals surface area (Å²) in [6.07, 6.45) is 0.784. The molecule has 0 aliphatic heterocycles. The van der Waals surface area contributed by atoms with Gasteiger partial charge in [-0.1, -0.05) is 18.2 Å². The second-order valence-electron chi connectivity index (χ2n) is 6.03. The van der Waals surface area contributed by atoms with Gasteiger partial charge in [-0.3, -0.25) is 9.59 Å². The summed E-state index contributed by atoms with van der Waals surface area (Å²) < 4.78 is 6.37. The fraction of sp³-hybridized carbons (Fsp3) is 0.200. The molecule has 0 radical (unpaired) electrons. The van der Waals surface area contributed by atoms with E-state index in [4.69, 9.17) is 10.5 Å². The molecule has 2 aromatic carbocycles. The molecule has 2 N–H and O–H groups in total. The maximum Gasteiger partial charge on any atom is 0.260 e. The van der Waals surface area contributed by atoms with Crippen molar-refractivity contribution >= 4 is 22.5 Å². The number of pyridine rings is 1. The summed E-state index contributed by atoms with van der Waals surface area (Å²) in [5, 5.41) is 0.823. The Hall–Kier alpha value is -3.08. The van der Waals surface area contributed by atoms with Crippen LogP contribution in [0.15, 0.2) is 53.3 Å². The van der Waals surface area contributed by atoms with Gasteiger partial charge in [0.2, 0.25) is 5.91 Å². The van der Waals surface area contributed by atoms with Crippen molar-refractivity contribution in [2.45, 2.75) is 19.8 Å². The van der Waals surface area contributed by atoms with E-state index in [1.165, 1.54) is 4.57 Å². The second kappa shape index (κ2) is 6.81. The molecule has 128 valence electrons. The number of rotatable bonds is 4. The third-order valence-electron chi connectivity index (χ3n) is 4.24. The molecule has 3 rings (SSSR count). The lowest BCUT2D eigenvalue weighted by Crippen LogP contribution is -2.28. The van der Waals surface area contributed by atoms with Crippen LogP contribution in [0.4, 0.5) is 5.69 Å². The molecule has 0 saturated heterocycles. The van der Waals surface area contributed by atoms with Gasteiger partial charge in [-0.05, 0) is 54.6 Å². The molecule has 0 aliphatic carbocycles. The summed E-state index contributed by atoms with van der Waals surface area (Å²) in [6.45, 7) is 1.71. The number of benzene rings is 2. The summed E-state index contributed by atoms with van der Waals surface area (Å²) in [7, 11) is 1.61. The fourth-order valence-corrected chi connectivity index (χ4v) is 2.86. The van der Waals surface area contributed by atoms with Crippen LogP contribution in [0.5, 0.6) is 5.75 Å². The summed E-state index contributed by atoms with van der Waals surface area (Å²) in [5.41, 5.74) is 8.16. The van der Waals surface area contributed by atoms with Crippen LogP contribution in [0.25, 0.3) is 10.9 Å². The molecule has 0 fully saturated rings. The van der Waals surface area contributed by atoms with Crippen LogP contribution < -0.4 is 16.0 Å². The van der Waals surface area contributed by atoms with Crippen LogP contribution in [0, 0.1) is 6.92 Å². The van der Waals surface area contributed by atoms with Crippen LogP contribution >= 0.6 is 0 Å². The first-order chi connectivity index (χ1) is 12.0. The minimum absolute atomic E-state index is 0.236. The molecule has 25 heavy (non-hydrogen) atoms. The van der Waals surface area contributed by atoms with Crippen molar-refractivity contribution in [3.63, 3.8) is 0 Å². The van der Waals surface area contributed by atoms with E-state index >= 15 is 0 Å². The van der Waals surface area contributed by atoms with Crippen LogP contribution in [0.2, 0.25) is 0 Å². The van der Waals surface area contributed by atoms with Crippen LogP contribution in [-0.2, 0) is 6.42 Å². The number of hydrogen-bond acceptors (Lipinski definition) is 4. The van der Waals surface area contributed by atoms with Gasteiger partial charge in [0.1, 0.15) is 5.75 Å². The van der Waals surface area contributed by atoms with E-state index in [9.17, 15) is 9.59 Å². The molecule has 0 bridgehead atoms. The Bertz CT molecular complexity index is 988. The molecule has 5 nitrogen and oxygen atoms in total. The van der Waals surface area contributed by atoms with Gasteiger partial charge >= 0.3 is 0 Å². The van der Waals surface area contributed by atoms with E-state index in [1.807, 2.05) is 30.3 Å². The topological polar surface area (TPSA) is 74.3 Å². The third kappa shape index (κ3) is 3.40. The molecule has 3 aromatic rings. The zero-order valence-corrected chi connectivity index (χ0v) is 14.3. The number of nitrogens with zero attached hydrogens (tertiary/aromatic N) is 1. The fourth-order valence-electron chi connectivity index (χ4n) is 2.86. The summed E-state index contributed by atoms with van der Waals surface area (Å²) in [6, 6.07) is 14.6. The first-order valence-electron chi connectivity index (χ1n) is 8.07. The second-order valence-corrected chi connectivity index (χ2v) is 6.03. The highest BCUT2D eigenvalue weighted by atomic mass is 16.5. The Morgan fingerprint density at radius 3 is 2.52 bits per heavy atom. The number of methoxy groups -OCH3 is 1. The van der Waals surface area contributed by atoms with Gasteiger partial charge in [0.05, 0.1) is 12.6 Å². The van der Waals surface area contributed by atoms with E-state index in [2.05, 4.69) is 0 Å².